The van der Waals surface area contributed by atoms with Crippen LogP contribution < -0.4 is 5.32 Å². The number of carbonyl (C=O) groups excluding carboxylic acids is 3. The molecule has 1 aliphatic rings. The maximum atomic E-state index is 12.5. The molecule has 8 nitrogen and oxygen atoms in total. The molecule has 1 aromatic heterocycles. The van der Waals surface area contributed by atoms with Crippen molar-refractivity contribution >= 4 is 23.5 Å². The van der Waals surface area contributed by atoms with Gasteiger partial charge in [0.25, 0.3) is 11.8 Å². The summed E-state index contributed by atoms with van der Waals surface area (Å²) in [4.78, 5) is 38.6. The van der Waals surface area contributed by atoms with Gasteiger partial charge in [-0.05, 0) is 38.1 Å². The van der Waals surface area contributed by atoms with Crippen molar-refractivity contribution in [1.29, 1.82) is 0 Å². The molecule has 0 bridgehead atoms. The average Bonchev–Trinajstić information content (AvgIpc) is 3.20. The Morgan fingerprint density at radius 2 is 1.82 bits per heavy atom. The van der Waals surface area contributed by atoms with Crippen molar-refractivity contribution in [3.05, 3.63) is 54.0 Å². The van der Waals surface area contributed by atoms with Crippen LogP contribution >= 0.6 is 0 Å². The lowest BCUT2D eigenvalue weighted by Crippen LogP contribution is -2.49. The van der Waals surface area contributed by atoms with Crippen molar-refractivity contribution in [2.75, 3.05) is 25.0 Å². The first-order valence-corrected chi connectivity index (χ1v) is 8.98. The first kappa shape index (κ1) is 19.6. The summed E-state index contributed by atoms with van der Waals surface area (Å²) in [6.45, 7) is 4.31. The summed E-state index contributed by atoms with van der Waals surface area (Å²) in [6.07, 6.45) is 1.25. The number of esters is 1. The summed E-state index contributed by atoms with van der Waals surface area (Å²) in [5, 5.41) is 2.61. The standard InChI is InChI=1S/C20H22N2O6/c1-13-10-22(11-14(2)28-13)18(23)12-27-20(25)15-6-3-4-7-16(15)21-19(24)17-8-5-9-26-17/h3-9,13-14H,10-12H2,1-2H3,(H,21,24)/t13-,14-/m1/s1. The molecule has 1 aromatic carbocycles. The number of nitrogens with zero attached hydrogens (tertiary/aromatic N) is 1. The quantitative estimate of drug-likeness (QED) is 0.792. The molecule has 2 heterocycles. The molecule has 1 saturated heterocycles. The normalized spacial score (nSPS) is 19.1. The zero-order valence-electron chi connectivity index (χ0n) is 15.7. The number of hydrogen-bond acceptors (Lipinski definition) is 6. The van der Waals surface area contributed by atoms with Gasteiger partial charge in [0.1, 0.15) is 0 Å². The number of rotatable bonds is 5. The van der Waals surface area contributed by atoms with Gasteiger partial charge in [-0.25, -0.2) is 4.79 Å². The van der Waals surface area contributed by atoms with Crippen LogP contribution in [0.4, 0.5) is 5.69 Å². The molecule has 1 fully saturated rings. The van der Waals surface area contributed by atoms with E-state index in [2.05, 4.69) is 5.32 Å². The minimum absolute atomic E-state index is 0.0686. The minimum Gasteiger partial charge on any atom is -0.459 e. The zero-order valence-corrected chi connectivity index (χ0v) is 15.7. The summed E-state index contributed by atoms with van der Waals surface area (Å²) in [5.41, 5.74) is 0.425. The zero-order chi connectivity index (χ0) is 20.1. The van der Waals surface area contributed by atoms with Crippen LogP contribution in [-0.2, 0) is 14.3 Å². The lowest BCUT2D eigenvalue weighted by atomic mass is 10.1. The molecule has 0 aliphatic carbocycles. The van der Waals surface area contributed by atoms with E-state index < -0.39 is 11.9 Å². The molecule has 148 valence electrons. The van der Waals surface area contributed by atoms with E-state index in [0.717, 1.165) is 0 Å². The second-order valence-corrected chi connectivity index (χ2v) is 6.61. The Labute approximate surface area is 162 Å². The van der Waals surface area contributed by atoms with E-state index in [-0.39, 0.29) is 41.7 Å². The smallest absolute Gasteiger partial charge is 0.340 e. The fourth-order valence-electron chi connectivity index (χ4n) is 3.04. The molecule has 3 rings (SSSR count). The molecule has 1 aliphatic heterocycles. The number of ether oxygens (including phenoxy) is 2. The van der Waals surface area contributed by atoms with E-state index in [1.54, 1.807) is 29.2 Å². The van der Waals surface area contributed by atoms with Crippen LogP contribution in [0.2, 0.25) is 0 Å². The topological polar surface area (TPSA) is 98.1 Å². The predicted molar refractivity (Wildman–Crippen MR) is 100.0 cm³/mol. The van der Waals surface area contributed by atoms with Gasteiger partial charge >= 0.3 is 5.97 Å². The Morgan fingerprint density at radius 3 is 2.50 bits per heavy atom. The molecule has 0 radical (unpaired) electrons. The van der Waals surface area contributed by atoms with Gasteiger partial charge in [-0.3, -0.25) is 9.59 Å². The van der Waals surface area contributed by atoms with E-state index in [4.69, 9.17) is 13.9 Å². The van der Waals surface area contributed by atoms with Gasteiger partial charge < -0.3 is 24.1 Å². The summed E-state index contributed by atoms with van der Waals surface area (Å²) >= 11 is 0. The summed E-state index contributed by atoms with van der Waals surface area (Å²) in [7, 11) is 0. The van der Waals surface area contributed by atoms with Gasteiger partial charge in [0.2, 0.25) is 0 Å². The van der Waals surface area contributed by atoms with E-state index in [1.807, 2.05) is 13.8 Å². The van der Waals surface area contributed by atoms with E-state index in [9.17, 15) is 14.4 Å². The fourth-order valence-corrected chi connectivity index (χ4v) is 3.04. The predicted octanol–water partition coefficient (Wildman–Crippen LogP) is 2.32. The number of nitrogens with one attached hydrogen (secondary N) is 1. The summed E-state index contributed by atoms with van der Waals surface area (Å²) < 4.78 is 15.8. The van der Waals surface area contributed by atoms with Crippen LogP contribution in [0.15, 0.2) is 47.1 Å². The van der Waals surface area contributed by atoms with Crippen molar-refractivity contribution in [2.24, 2.45) is 0 Å². The van der Waals surface area contributed by atoms with Crippen LogP contribution in [0.5, 0.6) is 0 Å². The molecule has 0 spiro atoms. The Balaban J connectivity index is 1.61. The molecular weight excluding hydrogens is 364 g/mol. The van der Waals surface area contributed by atoms with Crippen molar-refractivity contribution < 1.29 is 28.3 Å². The van der Waals surface area contributed by atoms with Crippen molar-refractivity contribution in [2.45, 2.75) is 26.1 Å². The lowest BCUT2D eigenvalue weighted by molar-refractivity contribution is -0.146. The molecule has 2 atom stereocenters. The number of furan rings is 1. The second kappa shape index (κ2) is 8.71. The van der Waals surface area contributed by atoms with Gasteiger partial charge in [-0.15, -0.1) is 0 Å². The monoisotopic (exact) mass is 386 g/mol. The van der Waals surface area contributed by atoms with Crippen LogP contribution in [0.3, 0.4) is 0 Å². The van der Waals surface area contributed by atoms with E-state index >= 15 is 0 Å². The molecule has 0 unspecified atom stereocenters. The van der Waals surface area contributed by atoms with Gasteiger partial charge in [-0.2, -0.15) is 0 Å². The Kier molecular flexibility index (Phi) is 6.10. The van der Waals surface area contributed by atoms with Gasteiger partial charge in [0.15, 0.2) is 12.4 Å². The van der Waals surface area contributed by atoms with Gasteiger partial charge in [0.05, 0.1) is 29.7 Å². The van der Waals surface area contributed by atoms with Crippen LogP contribution in [0.25, 0.3) is 0 Å². The average molecular weight is 386 g/mol. The minimum atomic E-state index is -0.696. The first-order chi connectivity index (χ1) is 13.4. The third-order valence-electron chi connectivity index (χ3n) is 4.24. The second-order valence-electron chi connectivity index (χ2n) is 6.61. The molecule has 1 N–H and O–H groups in total. The molecule has 0 saturated carbocycles. The fraction of sp³-hybridized carbons (Fsp3) is 0.350. The van der Waals surface area contributed by atoms with Crippen LogP contribution in [0, 0.1) is 0 Å². The number of amides is 2. The first-order valence-electron chi connectivity index (χ1n) is 8.98. The van der Waals surface area contributed by atoms with E-state index in [1.165, 1.54) is 18.4 Å². The number of morpholine rings is 1. The number of hydrogen-bond donors (Lipinski definition) is 1. The maximum Gasteiger partial charge on any atom is 0.340 e. The van der Waals surface area contributed by atoms with Crippen molar-refractivity contribution in [1.82, 2.24) is 4.90 Å². The maximum absolute atomic E-state index is 12.5. The number of para-hydroxylation sites is 1. The van der Waals surface area contributed by atoms with Crippen molar-refractivity contribution in [3.63, 3.8) is 0 Å². The summed E-state index contributed by atoms with van der Waals surface area (Å²) in [6, 6.07) is 9.52. The van der Waals surface area contributed by atoms with Gasteiger partial charge in [-0.1, -0.05) is 12.1 Å². The van der Waals surface area contributed by atoms with Gasteiger partial charge in [0, 0.05) is 13.1 Å². The Hall–Kier alpha value is -3.13. The number of anilines is 1. The van der Waals surface area contributed by atoms with E-state index in [0.29, 0.717) is 13.1 Å². The highest BCUT2D eigenvalue weighted by atomic mass is 16.5. The molecule has 2 aromatic rings. The Bertz CT molecular complexity index is 838. The van der Waals surface area contributed by atoms with Crippen LogP contribution in [0.1, 0.15) is 34.8 Å². The third kappa shape index (κ3) is 4.77. The lowest BCUT2D eigenvalue weighted by Gasteiger charge is -2.35. The highest BCUT2D eigenvalue weighted by Crippen LogP contribution is 2.18. The molecule has 2 amide bonds. The number of benzene rings is 1. The Morgan fingerprint density at radius 1 is 1.11 bits per heavy atom. The largest absolute Gasteiger partial charge is 0.459 e. The number of carbonyl (C=O) groups is 3. The van der Waals surface area contributed by atoms with Crippen molar-refractivity contribution in [3.8, 4) is 0 Å². The molecular formula is C20H22N2O6. The highest BCUT2D eigenvalue weighted by molar-refractivity contribution is 6.06. The molecule has 8 heteroatoms. The SMILES string of the molecule is C[C@@H]1CN(C(=O)COC(=O)c2ccccc2NC(=O)c2ccco2)C[C@@H](C)O1. The molecule has 28 heavy (non-hydrogen) atoms. The third-order valence-corrected chi connectivity index (χ3v) is 4.24. The summed E-state index contributed by atoms with van der Waals surface area (Å²) in [5.74, 6) is -1.35. The van der Waals surface area contributed by atoms with Crippen LogP contribution in [-0.4, -0.2) is 54.6 Å². The highest BCUT2D eigenvalue weighted by Gasteiger charge is 2.27.